The van der Waals surface area contributed by atoms with E-state index in [4.69, 9.17) is 4.74 Å². The Balaban J connectivity index is 1.80. The summed E-state index contributed by atoms with van der Waals surface area (Å²) in [7, 11) is 0. The molecule has 0 aliphatic carbocycles. The van der Waals surface area contributed by atoms with E-state index in [9.17, 15) is 0 Å². The highest BCUT2D eigenvalue weighted by Gasteiger charge is 2.09. The molecule has 3 aromatic heterocycles. The van der Waals surface area contributed by atoms with Crippen LogP contribution in [0.1, 0.15) is 19.4 Å². The van der Waals surface area contributed by atoms with Crippen molar-refractivity contribution in [1.29, 1.82) is 0 Å². The van der Waals surface area contributed by atoms with Crippen LogP contribution in [-0.4, -0.2) is 31.0 Å². The molecule has 7 heteroatoms. The number of hydrogen-bond donors (Lipinski definition) is 2. The smallest absolute Gasteiger partial charge is 0.218 e. The van der Waals surface area contributed by atoms with Crippen molar-refractivity contribution in [3.05, 3.63) is 36.5 Å². The van der Waals surface area contributed by atoms with Crippen molar-refractivity contribution < 1.29 is 4.74 Å². The number of rotatable bonds is 5. The zero-order valence-electron chi connectivity index (χ0n) is 11.9. The van der Waals surface area contributed by atoms with Crippen LogP contribution in [-0.2, 0) is 6.54 Å². The van der Waals surface area contributed by atoms with E-state index in [1.54, 1.807) is 12.5 Å². The monoisotopic (exact) mass is 284 g/mol. The summed E-state index contributed by atoms with van der Waals surface area (Å²) in [4.78, 5) is 19.7. The van der Waals surface area contributed by atoms with Gasteiger partial charge < -0.3 is 15.0 Å². The fourth-order valence-electron chi connectivity index (χ4n) is 1.97. The Morgan fingerprint density at radius 2 is 2.14 bits per heavy atom. The summed E-state index contributed by atoms with van der Waals surface area (Å²) in [5.41, 5.74) is 2.39. The molecule has 0 spiro atoms. The van der Waals surface area contributed by atoms with Gasteiger partial charge in [0.1, 0.15) is 11.8 Å². The van der Waals surface area contributed by atoms with Crippen LogP contribution in [0.5, 0.6) is 5.88 Å². The number of fused-ring (bicyclic) bond motifs is 1. The molecule has 21 heavy (non-hydrogen) atoms. The molecule has 0 unspecified atom stereocenters. The topological polar surface area (TPSA) is 88.6 Å². The number of ether oxygens (including phenoxy) is 1. The first-order valence-electron chi connectivity index (χ1n) is 6.72. The Bertz CT molecular complexity index is 739. The van der Waals surface area contributed by atoms with Gasteiger partial charge in [0.2, 0.25) is 5.88 Å². The maximum atomic E-state index is 5.70. The van der Waals surface area contributed by atoms with Crippen molar-refractivity contribution in [3.8, 4) is 5.88 Å². The molecule has 0 aliphatic heterocycles. The minimum atomic E-state index is 0.0806. The van der Waals surface area contributed by atoms with E-state index < -0.39 is 0 Å². The van der Waals surface area contributed by atoms with Crippen LogP contribution in [0.4, 0.5) is 5.82 Å². The molecule has 108 valence electrons. The van der Waals surface area contributed by atoms with E-state index in [0.717, 1.165) is 11.1 Å². The number of aromatic nitrogens is 5. The lowest BCUT2D eigenvalue weighted by molar-refractivity contribution is 0.230. The largest absolute Gasteiger partial charge is 0.475 e. The Hall–Kier alpha value is -2.70. The molecule has 0 radical (unpaired) electrons. The lowest BCUT2D eigenvalue weighted by Gasteiger charge is -2.13. The number of anilines is 1. The number of H-pyrrole nitrogens is 1. The van der Waals surface area contributed by atoms with Crippen LogP contribution in [0.3, 0.4) is 0 Å². The minimum Gasteiger partial charge on any atom is -0.475 e. The summed E-state index contributed by atoms with van der Waals surface area (Å²) in [6.07, 6.45) is 4.89. The predicted molar refractivity (Wildman–Crippen MR) is 79.0 cm³/mol. The first kappa shape index (κ1) is 13.3. The standard InChI is InChI=1S/C14H16N6O/c1-9(2)21-14-10(4-3-5-15-14)6-16-12-11-13(18-7-17-11)20-8-19-12/h3-5,7-9H,6H2,1-2H3,(H2,16,17,18,19,20). The molecule has 2 N–H and O–H groups in total. The Morgan fingerprint density at radius 1 is 1.24 bits per heavy atom. The Morgan fingerprint density at radius 3 is 3.00 bits per heavy atom. The van der Waals surface area contributed by atoms with Crippen LogP contribution in [0, 0.1) is 0 Å². The summed E-state index contributed by atoms with van der Waals surface area (Å²) in [5.74, 6) is 1.34. The van der Waals surface area contributed by atoms with Crippen LogP contribution in [0.2, 0.25) is 0 Å². The van der Waals surface area contributed by atoms with E-state index in [-0.39, 0.29) is 6.10 Å². The van der Waals surface area contributed by atoms with Crippen LogP contribution >= 0.6 is 0 Å². The number of nitrogens with one attached hydrogen (secondary N) is 2. The molecule has 0 saturated heterocycles. The van der Waals surface area contributed by atoms with E-state index in [1.807, 2.05) is 26.0 Å². The molecule has 3 aromatic rings. The Labute approximate surface area is 121 Å². The minimum absolute atomic E-state index is 0.0806. The molecule has 0 atom stereocenters. The second-order valence-corrected chi connectivity index (χ2v) is 4.81. The SMILES string of the molecule is CC(C)Oc1ncccc1CNc1ncnc2nc[nH]c12. The van der Waals surface area contributed by atoms with Crippen LogP contribution in [0.25, 0.3) is 11.2 Å². The molecule has 0 fully saturated rings. The van der Waals surface area contributed by atoms with Crippen molar-refractivity contribution in [2.45, 2.75) is 26.5 Å². The molecular weight excluding hydrogens is 268 g/mol. The van der Waals surface area contributed by atoms with E-state index in [2.05, 4.69) is 30.2 Å². The second-order valence-electron chi connectivity index (χ2n) is 4.81. The third kappa shape index (κ3) is 2.91. The molecule has 7 nitrogen and oxygen atoms in total. The number of aromatic amines is 1. The van der Waals surface area contributed by atoms with Crippen LogP contribution < -0.4 is 10.1 Å². The van der Waals surface area contributed by atoms with Gasteiger partial charge in [-0.1, -0.05) is 6.07 Å². The fourth-order valence-corrected chi connectivity index (χ4v) is 1.97. The van der Waals surface area contributed by atoms with E-state index in [0.29, 0.717) is 23.9 Å². The zero-order valence-corrected chi connectivity index (χ0v) is 11.9. The number of imidazole rings is 1. The van der Waals surface area contributed by atoms with Gasteiger partial charge in [0.15, 0.2) is 11.5 Å². The van der Waals surface area contributed by atoms with Gasteiger partial charge in [-0.05, 0) is 19.9 Å². The van der Waals surface area contributed by atoms with Crippen molar-refractivity contribution >= 4 is 17.0 Å². The normalized spacial score (nSPS) is 11.0. The highest BCUT2D eigenvalue weighted by molar-refractivity contribution is 5.81. The first-order valence-corrected chi connectivity index (χ1v) is 6.72. The average Bonchev–Trinajstić information content (AvgIpc) is 2.95. The van der Waals surface area contributed by atoms with Gasteiger partial charge in [0.25, 0.3) is 0 Å². The van der Waals surface area contributed by atoms with E-state index in [1.165, 1.54) is 6.33 Å². The van der Waals surface area contributed by atoms with E-state index >= 15 is 0 Å². The van der Waals surface area contributed by atoms with Crippen molar-refractivity contribution in [3.63, 3.8) is 0 Å². The van der Waals surface area contributed by atoms with Gasteiger partial charge in [0, 0.05) is 18.3 Å². The predicted octanol–water partition coefficient (Wildman–Crippen LogP) is 2.15. The van der Waals surface area contributed by atoms with Gasteiger partial charge in [-0.25, -0.2) is 19.9 Å². The summed E-state index contributed by atoms with van der Waals surface area (Å²) in [6, 6.07) is 3.86. The Kier molecular flexibility index (Phi) is 3.63. The number of nitrogens with zero attached hydrogens (tertiary/aromatic N) is 4. The molecule has 0 bridgehead atoms. The average molecular weight is 284 g/mol. The lowest BCUT2D eigenvalue weighted by Crippen LogP contribution is -2.11. The van der Waals surface area contributed by atoms with Crippen molar-refractivity contribution in [2.75, 3.05) is 5.32 Å². The third-order valence-corrected chi connectivity index (χ3v) is 2.87. The first-order chi connectivity index (χ1) is 10.2. The summed E-state index contributed by atoms with van der Waals surface area (Å²) in [6.45, 7) is 4.51. The zero-order chi connectivity index (χ0) is 14.7. The highest BCUT2D eigenvalue weighted by Crippen LogP contribution is 2.19. The highest BCUT2D eigenvalue weighted by atomic mass is 16.5. The second kappa shape index (κ2) is 5.74. The quantitative estimate of drug-likeness (QED) is 0.746. The third-order valence-electron chi connectivity index (χ3n) is 2.87. The van der Waals surface area contributed by atoms with Gasteiger partial charge in [-0.3, -0.25) is 0 Å². The van der Waals surface area contributed by atoms with Gasteiger partial charge >= 0.3 is 0 Å². The molecule has 3 heterocycles. The maximum Gasteiger partial charge on any atom is 0.218 e. The summed E-state index contributed by atoms with van der Waals surface area (Å²) in [5, 5.41) is 3.26. The number of pyridine rings is 1. The lowest BCUT2D eigenvalue weighted by atomic mass is 10.2. The molecule has 0 saturated carbocycles. The number of hydrogen-bond acceptors (Lipinski definition) is 6. The summed E-state index contributed by atoms with van der Waals surface area (Å²) >= 11 is 0. The van der Waals surface area contributed by atoms with Crippen molar-refractivity contribution in [1.82, 2.24) is 24.9 Å². The molecule has 3 rings (SSSR count). The fraction of sp³-hybridized carbons (Fsp3) is 0.286. The van der Waals surface area contributed by atoms with Gasteiger partial charge in [0.05, 0.1) is 12.4 Å². The van der Waals surface area contributed by atoms with Crippen LogP contribution in [0.15, 0.2) is 31.0 Å². The molecule has 0 aliphatic rings. The maximum absolute atomic E-state index is 5.70. The molecular formula is C14H16N6O. The van der Waals surface area contributed by atoms with Gasteiger partial charge in [-0.2, -0.15) is 0 Å². The van der Waals surface area contributed by atoms with Gasteiger partial charge in [-0.15, -0.1) is 0 Å². The molecule has 0 aromatic carbocycles. The van der Waals surface area contributed by atoms with Crippen molar-refractivity contribution in [2.24, 2.45) is 0 Å². The summed E-state index contributed by atoms with van der Waals surface area (Å²) < 4.78 is 5.70. The molecule has 0 amide bonds.